The van der Waals surface area contributed by atoms with E-state index in [0.717, 1.165) is 29.2 Å². The average Bonchev–Trinajstić information content (AvgIpc) is 3.16. The molecule has 3 aromatic rings. The minimum absolute atomic E-state index is 0.730. The van der Waals surface area contributed by atoms with Crippen molar-refractivity contribution in [3.63, 3.8) is 0 Å². The van der Waals surface area contributed by atoms with Gasteiger partial charge in [0.15, 0.2) is 5.82 Å². The van der Waals surface area contributed by atoms with Crippen LogP contribution < -0.4 is 5.73 Å². The number of hydrogen-bond acceptors (Lipinski definition) is 4. The Balaban J connectivity index is 1.80. The second-order valence-corrected chi connectivity index (χ2v) is 5.34. The molecule has 0 unspecified atom stereocenters. The van der Waals surface area contributed by atoms with Crippen molar-refractivity contribution in [1.29, 1.82) is 0 Å². The van der Waals surface area contributed by atoms with Gasteiger partial charge in [0.1, 0.15) is 0 Å². The maximum Gasteiger partial charge on any atom is 0.187 e. The fourth-order valence-corrected chi connectivity index (χ4v) is 2.86. The summed E-state index contributed by atoms with van der Waals surface area (Å²) in [5.74, 6) is 0.730. The van der Waals surface area contributed by atoms with Crippen molar-refractivity contribution in [3.8, 4) is 17.1 Å². The van der Waals surface area contributed by atoms with Crippen LogP contribution in [0.15, 0.2) is 42.5 Å². The summed E-state index contributed by atoms with van der Waals surface area (Å²) in [5, 5.41) is 12.1. The lowest BCUT2D eigenvalue weighted by Gasteiger charge is -2.07. The summed E-state index contributed by atoms with van der Waals surface area (Å²) in [7, 11) is 0. The zero-order valence-corrected chi connectivity index (χ0v) is 11.5. The topological polar surface area (TPSA) is 69.6 Å². The van der Waals surface area contributed by atoms with Crippen LogP contribution in [0.5, 0.6) is 0 Å². The lowest BCUT2D eigenvalue weighted by Crippen LogP contribution is -2.01. The van der Waals surface area contributed by atoms with Gasteiger partial charge in [-0.25, -0.2) is 0 Å². The summed E-state index contributed by atoms with van der Waals surface area (Å²) in [6, 6.07) is 14.1. The Bertz CT molecular complexity index is 789. The molecule has 0 radical (unpaired) electrons. The Kier molecular flexibility index (Phi) is 2.70. The van der Waals surface area contributed by atoms with Crippen molar-refractivity contribution in [2.75, 3.05) is 5.73 Å². The molecule has 0 aliphatic heterocycles. The molecule has 0 bridgehead atoms. The summed E-state index contributed by atoms with van der Waals surface area (Å²) in [4.78, 5) is 0. The van der Waals surface area contributed by atoms with Crippen molar-refractivity contribution >= 4 is 5.69 Å². The van der Waals surface area contributed by atoms with Gasteiger partial charge in [0.05, 0.1) is 5.69 Å². The SMILES string of the molecule is Nc1ccc(-c2nnnn2-c2ccc3c(c2)CCC3)cc1. The van der Waals surface area contributed by atoms with E-state index in [-0.39, 0.29) is 0 Å². The maximum absolute atomic E-state index is 5.73. The molecule has 0 spiro atoms. The van der Waals surface area contributed by atoms with Gasteiger partial charge in [-0.05, 0) is 77.2 Å². The molecule has 5 heteroatoms. The van der Waals surface area contributed by atoms with E-state index in [2.05, 4.69) is 33.7 Å². The van der Waals surface area contributed by atoms with E-state index in [1.54, 1.807) is 4.68 Å². The highest BCUT2D eigenvalue weighted by Gasteiger charge is 2.15. The number of aryl methyl sites for hydroxylation is 2. The molecule has 0 saturated heterocycles. The van der Waals surface area contributed by atoms with Crippen LogP contribution in [0.25, 0.3) is 17.1 Å². The molecule has 0 amide bonds. The van der Waals surface area contributed by atoms with Crippen LogP contribution in [0, 0.1) is 0 Å². The van der Waals surface area contributed by atoms with Crippen LogP contribution in [-0.2, 0) is 12.8 Å². The summed E-state index contributed by atoms with van der Waals surface area (Å²) >= 11 is 0. The molecule has 4 rings (SSSR count). The van der Waals surface area contributed by atoms with Gasteiger partial charge in [0.25, 0.3) is 0 Å². The first-order valence-corrected chi connectivity index (χ1v) is 7.08. The number of nitrogens with two attached hydrogens (primary N) is 1. The van der Waals surface area contributed by atoms with Gasteiger partial charge in [-0.2, -0.15) is 4.68 Å². The van der Waals surface area contributed by atoms with Crippen molar-refractivity contribution in [1.82, 2.24) is 20.2 Å². The summed E-state index contributed by atoms with van der Waals surface area (Å²) in [5.41, 5.74) is 11.3. The minimum atomic E-state index is 0.730. The fraction of sp³-hybridized carbons (Fsp3) is 0.188. The third kappa shape index (κ3) is 2.07. The summed E-state index contributed by atoms with van der Waals surface area (Å²) in [6.45, 7) is 0. The Morgan fingerprint density at radius 1 is 0.952 bits per heavy atom. The van der Waals surface area contributed by atoms with E-state index in [0.29, 0.717) is 0 Å². The molecule has 1 aliphatic rings. The number of tetrazole rings is 1. The van der Waals surface area contributed by atoms with Crippen LogP contribution in [-0.4, -0.2) is 20.2 Å². The van der Waals surface area contributed by atoms with Crippen molar-refractivity contribution in [2.45, 2.75) is 19.3 Å². The third-order valence-electron chi connectivity index (χ3n) is 3.97. The number of aromatic nitrogens is 4. The molecule has 0 saturated carbocycles. The van der Waals surface area contributed by atoms with Crippen LogP contribution in [0.2, 0.25) is 0 Å². The Morgan fingerprint density at radius 2 is 1.76 bits per heavy atom. The average molecular weight is 277 g/mol. The van der Waals surface area contributed by atoms with Crippen LogP contribution in [0.4, 0.5) is 5.69 Å². The second kappa shape index (κ2) is 4.70. The van der Waals surface area contributed by atoms with Crippen LogP contribution >= 0.6 is 0 Å². The Hall–Kier alpha value is -2.69. The quantitative estimate of drug-likeness (QED) is 0.730. The van der Waals surface area contributed by atoms with Gasteiger partial charge >= 0.3 is 0 Å². The number of nitrogen functional groups attached to an aromatic ring is 1. The van der Waals surface area contributed by atoms with Gasteiger partial charge < -0.3 is 5.73 Å². The smallest absolute Gasteiger partial charge is 0.187 e. The molecule has 21 heavy (non-hydrogen) atoms. The van der Waals surface area contributed by atoms with E-state index in [1.165, 1.54) is 24.0 Å². The number of fused-ring (bicyclic) bond motifs is 1. The molecule has 104 valence electrons. The number of anilines is 1. The van der Waals surface area contributed by atoms with E-state index < -0.39 is 0 Å². The molecule has 1 aromatic heterocycles. The first kappa shape index (κ1) is 12.1. The van der Waals surface area contributed by atoms with Crippen molar-refractivity contribution < 1.29 is 0 Å². The highest BCUT2D eigenvalue weighted by molar-refractivity contribution is 5.60. The van der Waals surface area contributed by atoms with Gasteiger partial charge in [-0.1, -0.05) is 6.07 Å². The third-order valence-corrected chi connectivity index (χ3v) is 3.97. The minimum Gasteiger partial charge on any atom is -0.399 e. The first-order chi connectivity index (χ1) is 10.3. The molecular weight excluding hydrogens is 262 g/mol. The maximum atomic E-state index is 5.73. The molecule has 2 N–H and O–H groups in total. The fourth-order valence-electron chi connectivity index (χ4n) is 2.86. The molecule has 0 fully saturated rings. The van der Waals surface area contributed by atoms with E-state index >= 15 is 0 Å². The number of rotatable bonds is 2. The normalized spacial score (nSPS) is 13.3. The summed E-state index contributed by atoms with van der Waals surface area (Å²) in [6.07, 6.45) is 3.55. The monoisotopic (exact) mass is 277 g/mol. The molecule has 0 atom stereocenters. The zero-order valence-electron chi connectivity index (χ0n) is 11.5. The highest BCUT2D eigenvalue weighted by Crippen LogP contribution is 2.26. The number of nitrogens with zero attached hydrogens (tertiary/aromatic N) is 4. The summed E-state index contributed by atoms with van der Waals surface area (Å²) < 4.78 is 1.78. The van der Waals surface area contributed by atoms with Gasteiger partial charge in [0.2, 0.25) is 0 Å². The van der Waals surface area contributed by atoms with Gasteiger partial charge in [-0.15, -0.1) is 5.10 Å². The highest BCUT2D eigenvalue weighted by atomic mass is 15.5. The van der Waals surface area contributed by atoms with E-state index in [4.69, 9.17) is 5.73 Å². The predicted molar refractivity (Wildman–Crippen MR) is 81.0 cm³/mol. The predicted octanol–water partition coefficient (Wildman–Crippen LogP) is 2.40. The molecule has 2 aromatic carbocycles. The molecular formula is C16H15N5. The van der Waals surface area contributed by atoms with Crippen LogP contribution in [0.1, 0.15) is 17.5 Å². The Morgan fingerprint density at radius 3 is 2.62 bits per heavy atom. The molecule has 1 heterocycles. The van der Waals surface area contributed by atoms with Gasteiger partial charge in [-0.3, -0.25) is 0 Å². The van der Waals surface area contributed by atoms with Crippen molar-refractivity contribution in [2.24, 2.45) is 0 Å². The molecule has 1 aliphatic carbocycles. The standard InChI is InChI=1S/C16H15N5/c17-14-7-4-12(5-8-14)16-18-19-20-21(16)15-9-6-11-2-1-3-13(11)10-15/h4-10H,1-3,17H2. The zero-order chi connectivity index (χ0) is 14.2. The van der Waals surface area contributed by atoms with E-state index in [1.807, 2.05) is 24.3 Å². The molecule has 5 nitrogen and oxygen atoms in total. The first-order valence-electron chi connectivity index (χ1n) is 7.08. The number of hydrogen-bond donors (Lipinski definition) is 1. The lowest BCUT2D eigenvalue weighted by atomic mass is 10.1. The lowest BCUT2D eigenvalue weighted by molar-refractivity contribution is 0.790. The van der Waals surface area contributed by atoms with Gasteiger partial charge in [0, 0.05) is 11.3 Å². The Labute approximate surface area is 122 Å². The number of benzene rings is 2. The van der Waals surface area contributed by atoms with E-state index in [9.17, 15) is 0 Å². The second-order valence-electron chi connectivity index (χ2n) is 5.34. The van der Waals surface area contributed by atoms with Crippen LogP contribution in [0.3, 0.4) is 0 Å². The largest absolute Gasteiger partial charge is 0.399 e. The van der Waals surface area contributed by atoms with Crippen molar-refractivity contribution in [3.05, 3.63) is 53.6 Å².